The number of hydrogen-bond acceptors (Lipinski definition) is 4. The Hall–Kier alpha value is -2.89. The lowest BCUT2D eigenvalue weighted by molar-refractivity contribution is 0.609. The number of benzene rings is 1. The second-order valence-corrected chi connectivity index (χ2v) is 5.39. The van der Waals surface area contributed by atoms with Gasteiger partial charge in [0, 0.05) is 24.5 Å². The molecule has 0 radical (unpaired) electrons. The Morgan fingerprint density at radius 1 is 1.18 bits per heavy atom. The monoisotopic (exact) mass is 292 g/mol. The van der Waals surface area contributed by atoms with Gasteiger partial charge in [0.25, 0.3) is 0 Å². The molecule has 0 bridgehead atoms. The van der Waals surface area contributed by atoms with Crippen molar-refractivity contribution in [2.45, 2.75) is 13.0 Å². The first-order valence-electron chi connectivity index (χ1n) is 7.16. The fraction of sp³-hybridized carbons (Fsp3) is 0.188. The fourth-order valence-corrected chi connectivity index (χ4v) is 2.85. The molecule has 0 unspecified atom stereocenters. The first-order chi connectivity index (χ1) is 10.7. The predicted molar refractivity (Wildman–Crippen MR) is 84.1 cm³/mol. The first-order valence-corrected chi connectivity index (χ1v) is 7.16. The number of nitrogens with zero attached hydrogens (tertiary/aromatic N) is 5. The number of fused-ring (bicyclic) bond motifs is 1. The Kier molecular flexibility index (Phi) is 2.82. The fourth-order valence-electron chi connectivity index (χ4n) is 2.85. The molecule has 0 saturated carbocycles. The highest BCUT2D eigenvalue weighted by Gasteiger charge is 2.25. The van der Waals surface area contributed by atoms with E-state index in [4.69, 9.17) is 0 Å². The molecule has 3 heterocycles. The van der Waals surface area contributed by atoms with Crippen molar-refractivity contribution in [2.24, 2.45) is 7.05 Å². The Balaban J connectivity index is 1.85. The van der Waals surface area contributed by atoms with Gasteiger partial charge in [-0.25, -0.2) is 4.68 Å². The maximum absolute atomic E-state index is 4.45. The number of aryl methyl sites for hydroxylation is 2. The largest absolute Gasteiger partial charge is 0.324 e. The van der Waals surface area contributed by atoms with Crippen LogP contribution < -0.4 is 5.32 Å². The summed E-state index contributed by atoms with van der Waals surface area (Å²) in [6.45, 7) is 2.02. The lowest BCUT2D eigenvalue weighted by Gasteiger charge is -2.23. The van der Waals surface area contributed by atoms with Crippen LogP contribution in [0.3, 0.4) is 0 Å². The van der Waals surface area contributed by atoms with E-state index in [2.05, 4.69) is 38.7 Å². The summed E-state index contributed by atoms with van der Waals surface area (Å²) in [7, 11) is 1.93. The molecule has 0 amide bonds. The number of anilines is 1. The van der Waals surface area contributed by atoms with Gasteiger partial charge >= 0.3 is 0 Å². The Morgan fingerprint density at radius 2 is 2.00 bits per heavy atom. The molecule has 1 atom stereocenters. The summed E-state index contributed by atoms with van der Waals surface area (Å²) in [5.41, 5.74) is 4.29. The molecule has 1 aliphatic heterocycles. The van der Waals surface area contributed by atoms with Gasteiger partial charge in [-0.1, -0.05) is 30.3 Å². The van der Waals surface area contributed by atoms with Crippen molar-refractivity contribution in [3.63, 3.8) is 0 Å². The minimum atomic E-state index is -0.0114. The van der Waals surface area contributed by atoms with Gasteiger partial charge in [0.05, 0.1) is 5.69 Å². The van der Waals surface area contributed by atoms with Crippen molar-refractivity contribution < 1.29 is 0 Å². The molecule has 22 heavy (non-hydrogen) atoms. The molecule has 0 aliphatic carbocycles. The van der Waals surface area contributed by atoms with Crippen molar-refractivity contribution in [1.29, 1.82) is 0 Å². The van der Waals surface area contributed by atoms with Crippen molar-refractivity contribution >= 4 is 11.6 Å². The summed E-state index contributed by atoms with van der Waals surface area (Å²) < 4.78 is 3.72. The number of aromatic nitrogens is 5. The van der Waals surface area contributed by atoms with E-state index in [1.165, 1.54) is 0 Å². The average molecular weight is 292 g/mol. The summed E-state index contributed by atoms with van der Waals surface area (Å²) in [5, 5.41) is 12.1. The second kappa shape index (κ2) is 4.84. The molecule has 1 aliphatic rings. The van der Waals surface area contributed by atoms with Crippen LogP contribution in [0.4, 0.5) is 5.95 Å². The number of nitrogens with one attached hydrogen (secondary N) is 1. The summed E-state index contributed by atoms with van der Waals surface area (Å²) in [6.07, 6.45) is 5.78. The molecule has 110 valence electrons. The van der Waals surface area contributed by atoms with E-state index in [1.54, 1.807) is 6.33 Å². The maximum Gasteiger partial charge on any atom is 0.226 e. The zero-order valence-electron chi connectivity index (χ0n) is 12.4. The van der Waals surface area contributed by atoms with E-state index in [9.17, 15) is 0 Å². The third kappa shape index (κ3) is 2.00. The normalized spacial score (nSPS) is 16.8. The lowest BCUT2D eigenvalue weighted by atomic mass is 10.0. The van der Waals surface area contributed by atoms with E-state index < -0.39 is 0 Å². The van der Waals surface area contributed by atoms with E-state index in [-0.39, 0.29) is 6.04 Å². The minimum absolute atomic E-state index is 0.0114. The van der Waals surface area contributed by atoms with Gasteiger partial charge in [0.1, 0.15) is 12.4 Å². The van der Waals surface area contributed by atoms with Gasteiger partial charge in [0.15, 0.2) is 0 Å². The molecule has 4 rings (SSSR count). The molecule has 2 aromatic heterocycles. The van der Waals surface area contributed by atoms with E-state index in [1.807, 2.05) is 47.7 Å². The number of hydrogen-bond donors (Lipinski definition) is 1. The van der Waals surface area contributed by atoms with Gasteiger partial charge in [-0.2, -0.15) is 15.2 Å². The van der Waals surface area contributed by atoms with E-state index in [0.29, 0.717) is 0 Å². The smallest absolute Gasteiger partial charge is 0.226 e. The molecule has 1 aromatic carbocycles. The van der Waals surface area contributed by atoms with Gasteiger partial charge in [-0.15, -0.1) is 0 Å². The van der Waals surface area contributed by atoms with Crippen LogP contribution in [0.2, 0.25) is 0 Å². The van der Waals surface area contributed by atoms with E-state index >= 15 is 0 Å². The number of rotatable bonds is 2. The van der Waals surface area contributed by atoms with Gasteiger partial charge in [-0.05, 0) is 18.6 Å². The highest BCUT2D eigenvalue weighted by atomic mass is 15.4. The van der Waals surface area contributed by atoms with Gasteiger partial charge in [-0.3, -0.25) is 4.68 Å². The Bertz CT molecular complexity index is 843. The van der Waals surface area contributed by atoms with Crippen LogP contribution in [0, 0.1) is 6.92 Å². The van der Waals surface area contributed by atoms with Crippen LogP contribution in [-0.4, -0.2) is 24.5 Å². The molecule has 0 spiro atoms. The first kappa shape index (κ1) is 12.8. The molecule has 3 aromatic rings. The molecule has 0 fully saturated rings. The average Bonchev–Trinajstić information content (AvgIpc) is 3.13. The highest BCUT2D eigenvalue weighted by Crippen LogP contribution is 2.32. The highest BCUT2D eigenvalue weighted by molar-refractivity contribution is 5.77. The Morgan fingerprint density at radius 3 is 2.73 bits per heavy atom. The van der Waals surface area contributed by atoms with Crippen molar-refractivity contribution in [3.05, 3.63) is 65.8 Å². The summed E-state index contributed by atoms with van der Waals surface area (Å²) in [6, 6.07) is 10.2. The standard InChI is InChI=1S/C16H16N6/c1-11-13(9-21(2)20-11)15-8-14(12-6-4-3-5-7-12)19-16-17-10-18-22(15)16/h3-10,15H,1-2H3,(H,17,18,19)/t15-/m1/s1. The van der Waals surface area contributed by atoms with Crippen LogP contribution in [-0.2, 0) is 7.05 Å². The zero-order valence-corrected chi connectivity index (χ0v) is 12.4. The van der Waals surface area contributed by atoms with Crippen LogP contribution in [0.25, 0.3) is 5.70 Å². The molecular weight excluding hydrogens is 276 g/mol. The molecule has 6 heteroatoms. The van der Waals surface area contributed by atoms with Crippen LogP contribution in [0.1, 0.15) is 22.9 Å². The summed E-state index contributed by atoms with van der Waals surface area (Å²) in [4.78, 5) is 4.32. The van der Waals surface area contributed by atoms with Crippen molar-refractivity contribution in [2.75, 3.05) is 5.32 Å². The molecule has 1 N–H and O–H groups in total. The van der Waals surface area contributed by atoms with Crippen molar-refractivity contribution in [1.82, 2.24) is 24.5 Å². The summed E-state index contributed by atoms with van der Waals surface area (Å²) in [5.74, 6) is 0.745. The third-order valence-electron chi connectivity index (χ3n) is 3.86. The van der Waals surface area contributed by atoms with Crippen LogP contribution >= 0.6 is 0 Å². The van der Waals surface area contributed by atoms with Crippen molar-refractivity contribution in [3.8, 4) is 0 Å². The molecule has 6 nitrogen and oxygen atoms in total. The quantitative estimate of drug-likeness (QED) is 0.788. The SMILES string of the molecule is Cc1nn(C)cc1[C@H]1C=C(c2ccccc2)Nc2ncnn21. The summed E-state index contributed by atoms with van der Waals surface area (Å²) >= 11 is 0. The van der Waals surface area contributed by atoms with E-state index in [0.717, 1.165) is 28.5 Å². The van der Waals surface area contributed by atoms with Crippen LogP contribution in [0.15, 0.2) is 48.9 Å². The topological polar surface area (TPSA) is 60.6 Å². The minimum Gasteiger partial charge on any atom is -0.324 e. The predicted octanol–water partition coefficient (Wildman–Crippen LogP) is 2.38. The molecular formula is C16H16N6. The van der Waals surface area contributed by atoms with Crippen LogP contribution in [0.5, 0.6) is 0 Å². The number of allylic oxidation sites excluding steroid dienone is 1. The van der Waals surface area contributed by atoms with Gasteiger partial charge in [0.2, 0.25) is 5.95 Å². The maximum atomic E-state index is 4.45. The Labute approximate surface area is 128 Å². The second-order valence-electron chi connectivity index (χ2n) is 5.39. The molecule has 0 saturated heterocycles. The van der Waals surface area contributed by atoms with Gasteiger partial charge < -0.3 is 5.32 Å². The zero-order chi connectivity index (χ0) is 15.1. The third-order valence-corrected chi connectivity index (χ3v) is 3.86. The lowest BCUT2D eigenvalue weighted by Crippen LogP contribution is -2.20.